The Balaban J connectivity index is 3.36. The van der Waals surface area contributed by atoms with Gasteiger partial charge in [-0.15, -0.1) is 0 Å². The highest BCUT2D eigenvalue weighted by Gasteiger charge is 2.03. The highest BCUT2D eigenvalue weighted by atomic mass is 16.5. The normalized spacial score (nSPS) is 9.00. The van der Waals surface area contributed by atoms with Crippen LogP contribution in [0.15, 0.2) is 12.7 Å². The van der Waals surface area contributed by atoms with Crippen molar-refractivity contribution in [2.24, 2.45) is 0 Å². The van der Waals surface area contributed by atoms with Crippen molar-refractivity contribution >= 4 is 11.9 Å². The molecule has 0 heterocycles. The molecule has 0 unspecified atom stereocenters. The van der Waals surface area contributed by atoms with Gasteiger partial charge in [0.2, 0.25) is 0 Å². The molecule has 0 aliphatic carbocycles. The summed E-state index contributed by atoms with van der Waals surface area (Å²) < 4.78 is 9.33. The van der Waals surface area contributed by atoms with Crippen molar-refractivity contribution in [3.05, 3.63) is 12.7 Å². The number of carbonyl (C=O) groups is 2. The Kier molecular flexibility index (Phi) is 6.59. The zero-order valence-corrected chi connectivity index (χ0v) is 7.75. The van der Waals surface area contributed by atoms with E-state index in [0.717, 1.165) is 0 Å². The van der Waals surface area contributed by atoms with E-state index >= 15 is 0 Å². The lowest BCUT2D eigenvalue weighted by atomic mass is 10.4. The third-order valence-electron chi connectivity index (χ3n) is 1.22. The summed E-state index contributed by atoms with van der Waals surface area (Å²) in [6.45, 7) is 5.37. The summed E-state index contributed by atoms with van der Waals surface area (Å²) >= 11 is 0. The Labute approximate surface area is 77.5 Å². The third kappa shape index (κ3) is 7.05. The highest BCUT2D eigenvalue weighted by Crippen LogP contribution is 1.91. The van der Waals surface area contributed by atoms with Crippen LogP contribution in [0.4, 0.5) is 0 Å². The first kappa shape index (κ1) is 11.7. The van der Waals surface area contributed by atoms with E-state index in [0.29, 0.717) is 6.42 Å². The molecular weight excluding hydrogens is 172 g/mol. The lowest BCUT2D eigenvalue weighted by molar-refractivity contribution is -0.148. The molecule has 0 aromatic carbocycles. The largest absolute Gasteiger partial charge is 0.465 e. The van der Waals surface area contributed by atoms with Gasteiger partial charge in [-0.25, -0.2) is 0 Å². The first-order valence-corrected chi connectivity index (χ1v) is 4.12. The van der Waals surface area contributed by atoms with Gasteiger partial charge in [0.15, 0.2) is 0 Å². The second-order valence-electron chi connectivity index (χ2n) is 2.30. The zero-order chi connectivity index (χ0) is 10.1. The quantitative estimate of drug-likeness (QED) is 0.459. The van der Waals surface area contributed by atoms with E-state index in [4.69, 9.17) is 0 Å². The van der Waals surface area contributed by atoms with Crippen LogP contribution in [0.2, 0.25) is 0 Å². The van der Waals surface area contributed by atoms with E-state index in [-0.39, 0.29) is 31.6 Å². The molecule has 0 aromatic rings. The van der Waals surface area contributed by atoms with Gasteiger partial charge in [-0.05, 0) is 0 Å². The van der Waals surface area contributed by atoms with Crippen LogP contribution in [0.5, 0.6) is 0 Å². The molecule has 0 aromatic heterocycles. The summed E-state index contributed by atoms with van der Waals surface area (Å²) in [5.41, 5.74) is 0. The molecule has 0 rings (SSSR count). The maximum absolute atomic E-state index is 10.8. The Hall–Kier alpha value is -1.32. The van der Waals surface area contributed by atoms with Gasteiger partial charge in [-0.1, -0.05) is 19.6 Å². The summed E-state index contributed by atoms with van der Waals surface area (Å²) in [5.74, 6) is -0.694. The molecule has 0 saturated heterocycles. The van der Waals surface area contributed by atoms with Crippen LogP contribution in [-0.2, 0) is 19.1 Å². The fourth-order valence-electron chi connectivity index (χ4n) is 0.574. The summed E-state index contributed by atoms with van der Waals surface area (Å²) in [6.07, 6.45) is 1.90. The number of ether oxygens (including phenoxy) is 2. The monoisotopic (exact) mass is 186 g/mol. The summed E-state index contributed by atoms with van der Waals surface area (Å²) in [7, 11) is 0. The third-order valence-corrected chi connectivity index (χ3v) is 1.22. The average molecular weight is 186 g/mol. The number of carbonyl (C=O) groups excluding carboxylic acids is 2. The van der Waals surface area contributed by atoms with Crippen LogP contribution in [0, 0.1) is 0 Å². The van der Waals surface area contributed by atoms with E-state index in [9.17, 15) is 9.59 Å². The van der Waals surface area contributed by atoms with Gasteiger partial charge < -0.3 is 9.47 Å². The van der Waals surface area contributed by atoms with Crippen molar-refractivity contribution in [1.29, 1.82) is 0 Å². The zero-order valence-electron chi connectivity index (χ0n) is 7.75. The van der Waals surface area contributed by atoms with E-state index < -0.39 is 0 Å². The molecule has 74 valence electrons. The van der Waals surface area contributed by atoms with Crippen molar-refractivity contribution in [3.8, 4) is 0 Å². The first-order valence-electron chi connectivity index (χ1n) is 4.12. The van der Waals surface area contributed by atoms with Gasteiger partial charge in [-0.3, -0.25) is 9.59 Å². The molecular formula is C9H14O4. The van der Waals surface area contributed by atoms with Gasteiger partial charge >= 0.3 is 11.9 Å². The predicted octanol–water partition coefficient (Wildman–Crippen LogP) is 1.06. The van der Waals surface area contributed by atoms with Crippen LogP contribution >= 0.6 is 0 Å². The molecule has 0 bridgehead atoms. The van der Waals surface area contributed by atoms with E-state index in [1.54, 1.807) is 6.92 Å². The summed E-state index contributed by atoms with van der Waals surface area (Å²) in [6, 6.07) is 0. The van der Waals surface area contributed by atoms with Crippen LogP contribution in [0.3, 0.4) is 0 Å². The average Bonchev–Trinajstić information content (AvgIpc) is 2.14. The molecule has 0 atom stereocenters. The van der Waals surface area contributed by atoms with Gasteiger partial charge in [0.25, 0.3) is 0 Å². The molecule has 0 aliphatic rings. The summed E-state index contributed by atoms with van der Waals surface area (Å²) in [4.78, 5) is 21.4. The Morgan fingerprint density at radius 3 is 2.54 bits per heavy atom. The molecule has 0 fully saturated rings. The lowest BCUT2D eigenvalue weighted by Gasteiger charge is -2.02. The lowest BCUT2D eigenvalue weighted by Crippen LogP contribution is -2.11. The minimum Gasteiger partial charge on any atom is -0.465 e. The molecule has 4 heteroatoms. The van der Waals surface area contributed by atoms with E-state index in [1.807, 2.05) is 0 Å². The van der Waals surface area contributed by atoms with Gasteiger partial charge in [0.05, 0.1) is 6.42 Å². The standard InChI is InChI=1S/C9H14O4/c1-3-6-12-9(11)5-7-13-8(10)4-2/h3H,1,4-7H2,2H3. The molecule has 0 saturated carbocycles. The van der Waals surface area contributed by atoms with Crippen LogP contribution in [0.1, 0.15) is 19.8 Å². The van der Waals surface area contributed by atoms with Crippen molar-refractivity contribution in [3.63, 3.8) is 0 Å². The van der Waals surface area contributed by atoms with E-state index in [1.165, 1.54) is 6.08 Å². The summed E-state index contributed by atoms with van der Waals surface area (Å²) in [5, 5.41) is 0. The van der Waals surface area contributed by atoms with Gasteiger partial charge in [0.1, 0.15) is 13.2 Å². The molecule has 0 amide bonds. The number of hydrogen-bond acceptors (Lipinski definition) is 4. The molecule has 4 nitrogen and oxygen atoms in total. The smallest absolute Gasteiger partial charge is 0.309 e. The minimum absolute atomic E-state index is 0.0860. The minimum atomic E-state index is -0.385. The van der Waals surface area contributed by atoms with Crippen molar-refractivity contribution in [2.45, 2.75) is 19.8 Å². The molecule has 0 radical (unpaired) electrons. The number of hydrogen-bond donors (Lipinski definition) is 0. The van der Waals surface area contributed by atoms with E-state index in [2.05, 4.69) is 16.1 Å². The Bertz CT molecular complexity index is 186. The van der Waals surface area contributed by atoms with Crippen molar-refractivity contribution < 1.29 is 19.1 Å². The number of rotatable bonds is 6. The van der Waals surface area contributed by atoms with Crippen LogP contribution in [0.25, 0.3) is 0 Å². The van der Waals surface area contributed by atoms with Gasteiger partial charge in [0, 0.05) is 6.42 Å². The van der Waals surface area contributed by atoms with Crippen LogP contribution < -0.4 is 0 Å². The number of esters is 2. The fraction of sp³-hybridized carbons (Fsp3) is 0.556. The Morgan fingerprint density at radius 1 is 1.31 bits per heavy atom. The molecule has 0 N–H and O–H groups in total. The topological polar surface area (TPSA) is 52.6 Å². The second-order valence-corrected chi connectivity index (χ2v) is 2.30. The predicted molar refractivity (Wildman–Crippen MR) is 47.0 cm³/mol. The van der Waals surface area contributed by atoms with Crippen molar-refractivity contribution in [2.75, 3.05) is 13.2 Å². The molecule has 0 aliphatic heterocycles. The Morgan fingerprint density at radius 2 is 2.00 bits per heavy atom. The van der Waals surface area contributed by atoms with Gasteiger partial charge in [-0.2, -0.15) is 0 Å². The highest BCUT2D eigenvalue weighted by molar-refractivity contribution is 5.71. The molecule has 13 heavy (non-hydrogen) atoms. The van der Waals surface area contributed by atoms with Crippen molar-refractivity contribution in [1.82, 2.24) is 0 Å². The SMILES string of the molecule is C=CCOC(=O)CCOC(=O)CC. The fourth-order valence-corrected chi connectivity index (χ4v) is 0.574. The first-order chi connectivity index (χ1) is 6.20. The van der Waals surface area contributed by atoms with Crippen LogP contribution in [-0.4, -0.2) is 25.2 Å². The maximum atomic E-state index is 10.8. The molecule has 0 spiro atoms. The second kappa shape index (κ2) is 7.34. The maximum Gasteiger partial charge on any atom is 0.309 e.